The van der Waals surface area contributed by atoms with E-state index in [9.17, 15) is 9.59 Å². The molecule has 0 spiro atoms. The van der Waals surface area contributed by atoms with Gasteiger partial charge >= 0.3 is 0 Å². The molecular formula is C15H18O2. The molecule has 17 heavy (non-hydrogen) atoms. The molecule has 90 valence electrons. The number of ketones is 2. The lowest BCUT2D eigenvalue weighted by molar-refractivity contribution is -0.125. The molecule has 0 amide bonds. The Bertz CT molecular complexity index is 408. The van der Waals surface area contributed by atoms with Crippen molar-refractivity contribution in [2.75, 3.05) is 0 Å². The van der Waals surface area contributed by atoms with E-state index >= 15 is 0 Å². The molecule has 2 heteroatoms. The molecule has 1 aliphatic rings. The third-order valence-electron chi connectivity index (χ3n) is 3.69. The van der Waals surface area contributed by atoms with Crippen LogP contribution in [0.15, 0.2) is 30.3 Å². The molecule has 0 radical (unpaired) electrons. The van der Waals surface area contributed by atoms with E-state index in [2.05, 4.69) is 0 Å². The first-order chi connectivity index (χ1) is 8.22. The lowest BCUT2D eigenvalue weighted by atomic mass is 9.76. The van der Waals surface area contributed by atoms with E-state index < -0.39 is 0 Å². The standard InChI is InChI=1S/C15H18O2/c1-2-11-10-13(8-9-14(11)16)15(17)12-6-4-3-5-7-12/h3-7,11,13H,2,8-10H2,1H3. The van der Waals surface area contributed by atoms with Gasteiger partial charge in [-0.2, -0.15) is 0 Å². The summed E-state index contributed by atoms with van der Waals surface area (Å²) in [5.74, 6) is 0.683. The normalized spacial score (nSPS) is 24.6. The van der Waals surface area contributed by atoms with E-state index in [0.717, 1.165) is 24.8 Å². The van der Waals surface area contributed by atoms with Gasteiger partial charge in [-0.1, -0.05) is 37.3 Å². The Labute approximate surface area is 102 Å². The second-order valence-electron chi connectivity index (χ2n) is 4.77. The van der Waals surface area contributed by atoms with Crippen LogP contribution in [0.5, 0.6) is 0 Å². The topological polar surface area (TPSA) is 34.1 Å². The van der Waals surface area contributed by atoms with E-state index in [1.165, 1.54) is 0 Å². The number of Topliss-reactive ketones (excluding diaryl/α,β-unsaturated/α-hetero) is 2. The van der Waals surface area contributed by atoms with Crippen LogP contribution < -0.4 is 0 Å². The average Bonchev–Trinajstić information content (AvgIpc) is 2.39. The fraction of sp³-hybridized carbons (Fsp3) is 0.467. The van der Waals surface area contributed by atoms with Gasteiger partial charge in [-0.25, -0.2) is 0 Å². The summed E-state index contributed by atoms with van der Waals surface area (Å²) in [6, 6.07) is 9.41. The van der Waals surface area contributed by atoms with E-state index in [1.807, 2.05) is 37.3 Å². The van der Waals surface area contributed by atoms with Crippen molar-refractivity contribution in [2.45, 2.75) is 32.6 Å². The highest BCUT2D eigenvalue weighted by molar-refractivity contribution is 5.99. The van der Waals surface area contributed by atoms with Crippen molar-refractivity contribution in [3.8, 4) is 0 Å². The van der Waals surface area contributed by atoms with Gasteiger partial charge in [0.1, 0.15) is 5.78 Å². The largest absolute Gasteiger partial charge is 0.299 e. The summed E-state index contributed by atoms with van der Waals surface area (Å²) in [4.78, 5) is 23.9. The van der Waals surface area contributed by atoms with Crippen LogP contribution in [0.4, 0.5) is 0 Å². The molecular weight excluding hydrogens is 212 g/mol. The molecule has 1 saturated carbocycles. The number of hydrogen-bond donors (Lipinski definition) is 0. The van der Waals surface area contributed by atoms with Gasteiger partial charge < -0.3 is 0 Å². The average molecular weight is 230 g/mol. The predicted molar refractivity (Wildman–Crippen MR) is 66.9 cm³/mol. The number of carbonyl (C=O) groups is 2. The minimum absolute atomic E-state index is 0.0417. The van der Waals surface area contributed by atoms with Crippen molar-refractivity contribution >= 4 is 11.6 Å². The molecule has 0 bridgehead atoms. The zero-order valence-electron chi connectivity index (χ0n) is 10.2. The first kappa shape index (κ1) is 12.0. The van der Waals surface area contributed by atoms with Crippen molar-refractivity contribution in [3.05, 3.63) is 35.9 Å². The van der Waals surface area contributed by atoms with Crippen molar-refractivity contribution in [1.29, 1.82) is 0 Å². The molecule has 0 heterocycles. The number of rotatable bonds is 3. The second-order valence-corrected chi connectivity index (χ2v) is 4.77. The SMILES string of the molecule is CCC1CC(C(=O)c2ccccc2)CCC1=O. The first-order valence-electron chi connectivity index (χ1n) is 6.34. The van der Waals surface area contributed by atoms with Gasteiger partial charge in [0, 0.05) is 23.8 Å². The summed E-state index contributed by atoms with van der Waals surface area (Å²) in [6.45, 7) is 2.03. The lowest BCUT2D eigenvalue weighted by Gasteiger charge is -2.26. The van der Waals surface area contributed by atoms with E-state index in [0.29, 0.717) is 12.2 Å². The van der Waals surface area contributed by atoms with Gasteiger partial charge in [-0.05, 0) is 19.3 Å². The fourth-order valence-electron chi connectivity index (χ4n) is 2.58. The molecule has 1 fully saturated rings. The monoisotopic (exact) mass is 230 g/mol. The molecule has 0 aromatic heterocycles. The second kappa shape index (κ2) is 5.26. The number of hydrogen-bond acceptors (Lipinski definition) is 2. The molecule has 2 unspecified atom stereocenters. The Morgan fingerprint density at radius 1 is 1.29 bits per heavy atom. The summed E-state index contributed by atoms with van der Waals surface area (Å²) in [6.07, 6.45) is 2.89. The van der Waals surface area contributed by atoms with Gasteiger partial charge in [0.2, 0.25) is 0 Å². The summed E-state index contributed by atoms with van der Waals surface area (Å²) >= 11 is 0. The van der Waals surface area contributed by atoms with Gasteiger partial charge in [0.25, 0.3) is 0 Å². The molecule has 1 aromatic carbocycles. The van der Waals surface area contributed by atoms with Crippen molar-refractivity contribution < 1.29 is 9.59 Å². The maximum absolute atomic E-state index is 12.3. The molecule has 2 rings (SSSR count). The highest BCUT2D eigenvalue weighted by Gasteiger charge is 2.31. The van der Waals surface area contributed by atoms with Gasteiger partial charge in [0.15, 0.2) is 5.78 Å². The molecule has 0 N–H and O–H groups in total. The summed E-state index contributed by atoms with van der Waals surface area (Å²) < 4.78 is 0. The van der Waals surface area contributed by atoms with Crippen LogP contribution in [0.2, 0.25) is 0 Å². The highest BCUT2D eigenvalue weighted by atomic mass is 16.1. The van der Waals surface area contributed by atoms with Gasteiger partial charge in [0.05, 0.1) is 0 Å². The molecule has 2 atom stereocenters. The van der Waals surface area contributed by atoms with Crippen LogP contribution >= 0.6 is 0 Å². The Morgan fingerprint density at radius 2 is 2.00 bits per heavy atom. The Kier molecular flexibility index (Phi) is 3.72. The summed E-state index contributed by atoms with van der Waals surface area (Å²) in [7, 11) is 0. The minimum Gasteiger partial charge on any atom is -0.299 e. The maximum atomic E-state index is 12.3. The zero-order chi connectivity index (χ0) is 12.3. The summed E-state index contributed by atoms with van der Waals surface area (Å²) in [5, 5.41) is 0. The van der Waals surface area contributed by atoms with Crippen LogP contribution in [0.1, 0.15) is 43.0 Å². The minimum atomic E-state index is 0.0417. The van der Waals surface area contributed by atoms with Crippen LogP contribution in [-0.2, 0) is 4.79 Å². The van der Waals surface area contributed by atoms with Gasteiger partial charge in [-0.15, -0.1) is 0 Å². The van der Waals surface area contributed by atoms with Crippen molar-refractivity contribution in [2.24, 2.45) is 11.8 Å². The first-order valence-corrected chi connectivity index (χ1v) is 6.34. The van der Waals surface area contributed by atoms with E-state index in [4.69, 9.17) is 0 Å². The highest BCUT2D eigenvalue weighted by Crippen LogP contribution is 2.30. The Hall–Kier alpha value is -1.44. The third kappa shape index (κ3) is 2.63. The molecule has 0 aliphatic heterocycles. The van der Waals surface area contributed by atoms with Crippen molar-refractivity contribution in [3.63, 3.8) is 0 Å². The van der Waals surface area contributed by atoms with Crippen molar-refractivity contribution in [1.82, 2.24) is 0 Å². The Morgan fingerprint density at radius 3 is 2.65 bits per heavy atom. The van der Waals surface area contributed by atoms with E-state index in [-0.39, 0.29) is 17.6 Å². The third-order valence-corrected chi connectivity index (χ3v) is 3.69. The molecule has 0 saturated heterocycles. The molecule has 1 aliphatic carbocycles. The quantitative estimate of drug-likeness (QED) is 0.747. The Balaban J connectivity index is 2.09. The lowest BCUT2D eigenvalue weighted by Crippen LogP contribution is -2.29. The van der Waals surface area contributed by atoms with Gasteiger partial charge in [-0.3, -0.25) is 9.59 Å². The predicted octanol–water partition coefficient (Wildman–Crippen LogP) is 3.26. The van der Waals surface area contributed by atoms with Crippen LogP contribution in [0.25, 0.3) is 0 Å². The van der Waals surface area contributed by atoms with Crippen LogP contribution in [-0.4, -0.2) is 11.6 Å². The zero-order valence-corrected chi connectivity index (χ0v) is 10.2. The number of carbonyl (C=O) groups excluding carboxylic acids is 2. The summed E-state index contributed by atoms with van der Waals surface area (Å²) in [5.41, 5.74) is 0.779. The van der Waals surface area contributed by atoms with E-state index in [1.54, 1.807) is 0 Å². The van der Waals surface area contributed by atoms with Crippen LogP contribution in [0, 0.1) is 11.8 Å². The maximum Gasteiger partial charge on any atom is 0.165 e. The molecule has 1 aromatic rings. The fourth-order valence-corrected chi connectivity index (χ4v) is 2.58. The number of benzene rings is 1. The molecule has 2 nitrogen and oxygen atoms in total. The van der Waals surface area contributed by atoms with Crippen LogP contribution in [0.3, 0.4) is 0 Å². The smallest absolute Gasteiger partial charge is 0.165 e.